The van der Waals surface area contributed by atoms with Crippen LogP contribution in [0.5, 0.6) is 11.6 Å². The average molecular weight is 379 g/mol. The van der Waals surface area contributed by atoms with Gasteiger partial charge in [0.2, 0.25) is 5.88 Å². The highest BCUT2D eigenvalue weighted by molar-refractivity contribution is 7.14. The molecule has 0 radical (unpaired) electrons. The Balaban J connectivity index is 1.42. The number of nitrogens with zero attached hydrogens (tertiary/aromatic N) is 2. The van der Waals surface area contributed by atoms with Gasteiger partial charge < -0.3 is 10.5 Å². The maximum Gasteiger partial charge on any atom is 0.258 e. The lowest BCUT2D eigenvalue weighted by atomic mass is 10.1. The number of nitrogens with two attached hydrogens (primary N) is 1. The standard InChI is InChI=1S/C21H21N3O2S/c22-21(25)19-10-9-18(27-19)17-7-4-12-24(17)14-15-8-11-20(23-13-15)26-16-5-2-1-3-6-16/h1-3,5-6,8-11,13,17H,4,7,12,14H2,(H2,22,25). The molecule has 3 heterocycles. The zero-order valence-electron chi connectivity index (χ0n) is 14.9. The maximum absolute atomic E-state index is 11.4. The fourth-order valence-electron chi connectivity index (χ4n) is 3.41. The molecule has 1 saturated heterocycles. The number of primary amides is 1. The number of thiophene rings is 1. The Hall–Kier alpha value is -2.70. The summed E-state index contributed by atoms with van der Waals surface area (Å²) in [5, 5.41) is 0. The number of carbonyl (C=O) groups excluding carboxylic acids is 1. The average Bonchev–Trinajstić information content (AvgIpc) is 3.33. The third-order valence-corrected chi connectivity index (χ3v) is 5.91. The zero-order valence-corrected chi connectivity index (χ0v) is 15.7. The van der Waals surface area contributed by atoms with E-state index in [0.717, 1.165) is 37.2 Å². The van der Waals surface area contributed by atoms with Crippen LogP contribution in [0.25, 0.3) is 0 Å². The van der Waals surface area contributed by atoms with Gasteiger partial charge in [-0.3, -0.25) is 9.69 Å². The van der Waals surface area contributed by atoms with Crippen LogP contribution < -0.4 is 10.5 Å². The van der Waals surface area contributed by atoms with E-state index in [-0.39, 0.29) is 5.91 Å². The summed E-state index contributed by atoms with van der Waals surface area (Å²) in [4.78, 5) is 20.1. The van der Waals surface area contributed by atoms with Crippen molar-refractivity contribution < 1.29 is 9.53 Å². The monoisotopic (exact) mass is 379 g/mol. The van der Waals surface area contributed by atoms with Crippen molar-refractivity contribution in [2.24, 2.45) is 5.73 Å². The summed E-state index contributed by atoms with van der Waals surface area (Å²) >= 11 is 1.50. The molecular formula is C21H21N3O2S. The van der Waals surface area contributed by atoms with E-state index in [1.807, 2.05) is 54.7 Å². The van der Waals surface area contributed by atoms with E-state index in [9.17, 15) is 4.79 Å². The van der Waals surface area contributed by atoms with Gasteiger partial charge in [-0.25, -0.2) is 4.98 Å². The normalized spacial score (nSPS) is 17.1. The van der Waals surface area contributed by atoms with E-state index >= 15 is 0 Å². The SMILES string of the molecule is NC(=O)c1ccc(C2CCCN2Cc2ccc(Oc3ccccc3)nc2)s1. The number of hydrogen-bond acceptors (Lipinski definition) is 5. The molecule has 0 spiro atoms. The van der Waals surface area contributed by atoms with Crippen molar-refractivity contribution in [1.29, 1.82) is 0 Å². The highest BCUT2D eigenvalue weighted by Gasteiger charge is 2.27. The Morgan fingerprint density at radius 3 is 2.74 bits per heavy atom. The zero-order chi connectivity index (χ0) is 18.6. The largest absolute Gasteiger partial charge is 0.439 e. The van der Waals surface area contributed by atoms with Crippen molar-refractivity contribution in [2.45, 2.75) is 25.4 Å². The first-order valence-electron chi connectivity index (χ1n) is 9.00. The molecule has 4 rings (SSSR count). The molecule has 2 aromatic heterocycles. The van der Waals surface area contributed by atoms with Gasteiger partial charge in [0.15, 0.2) is 0 Å². The van der Waals surface area contributed by atoms with Crippen LogP contribution in [0, 0.1) is 0 Å². The van der Waals surface area contributed by atoms with Crippen molar-refractivity contribution in [3.8, 4) is 11.6 Å². The number of hydrogen-bond donors (Lipinski definition) is 1. The smallest absolute Gasteiger partial charge is 0.258 e. The first-order valence-corrected chi connectivity index (χ1v) is 9.82. The van der Waals surface area contributed by atoms with Crippen molar-refractivity contribution in [2.75, 3.05) is 6.54 Å². The number of likely N-dealkylation sites (tertiary alicyclic amines) is 1. The van der Waals surface area contributed by atoms with E-state index in [1.165, 1.54) is 16.2 Å². The summed E-state index contributed by atoms with van der Waals surface area (Å²) in [6.45, 7) is 1.86. The van der Waals surface area contributed by atoms with E-state index in [1.54, 1.807) is 0 Å². The number of para-hydroxylation sites is 1. The molecule has 1 fully saturated rings. The van der Waals surface area contributed by atoms with Crippen LogP contribution in [0.1, 0.15) is 39.0 Å². The number of aromatic nitrogens is 1. The minimum absolute atomic E-state index is 0.336. The Morgan fingerprint density at radius 2 is 2.04 bits per heavy atom. The summed E-state index contributed by atoms with van der Waals surface area (Å²) in [6.07, 6.45) is 4.12. The fourth-order valence-corrected chi connectivity index (χ4v) is 4.44. The van der Waals surface area contributed by atoms with E-state index in [0.29, 0.717) is 16.8 Å². The van der Waals surface area contributed by atoms with Crippen LogP contribution in [0.2, 0.25) is 0 Å². The van der Waals surface area contributed by atoms with Gasteiger partial charge in [-0.2, -0.15) is 0 Å². The molecule has 2 N–H and O–H groups in total. The minimum Gasteiger partial charge on any atom is -0.439 e. The highest BCUT2D eigenvalue weighted by Crippen LogP contribution is 2.36. The predicted octanol–water partition coefficient (Wildman–Crippen LogP) is 4.37. The molecular weight excluding hydrogens is 358 g/mol. The lowest BCUT2D eigenvalue weighted by molar-refractivity contribution is 0.100. The molecule has 0 bridgehead atoms. The second kappa shape index (κ2) is 7.90. The van der Waals surface area contributed by atoms with E-state index in [4.69, 9.17) is 10.5 Å². The highest BCUT2D eigenvalue weighted by atomic mass is 32.1. The molecule has 6 heteroatoms. The number of ether oxygens (including phenoxy) is 1. The van der Waals surface area contributed by atoms with Gasteiger partial charge in [0.1, 0.15) is 5.75 Å². The van der Waals surface area contributed by atoms with Gasteiger partial charge >= 0.3 is 0 Å². The second-order valence-corrected chi connectivity index (χ2v) is 7.73. The molecule has 1 aromatic carbocycles. The van der Waals surface area contributed by atoms with Crippen molar-refractivity contribution in [3.05, 3.63) is 76.1 Å². The lowest BCUT2D eigenvalue weighted by Crippen LogP contribution is -2.22. The van der Waals surface area contributed by atoms with Gasteiger partial charge in [0.05, 0.1) is 4.88 Å². The van der Waals surface area contributed by atoms with Gasteiger partial charge in [-0.1, -0.05) is 24.3 Å². The summed E-state index contributed by atoms with van der Waals surface area (Å²) < 4.78 is 5.75. The van der Waals surface area contributed by atoms with Crippen LogP contribution in [0.3, 0.4) is 0 Å². The molecule has 1 aliphatic rings. The molecule has 1 amide bonds. The van der Waals surface area contributed by atoms with Gasteiger partial charge in [-0.05, 0) is 49.2 Å². The van der Waals surface area contributed by atoms with E-state index < -0.39 is 0 Å². The van der Waals surface area contributed by atoms with Crippen molar-refractivity contribution >= 4 is 17.2 Å². The lowest BCUT2D eigenvalue weighted by Gasteiger charge is -2.23. The molecule has 1 atom stereocenters. The number of benzene rings is 1. The minimum atomic E-state index is -0.353. The van der Waals surface area contributed by atoms with Crippen molar-refractivity contribution in [3.63, 3.8) is 0 Å². The number of pyridine rings is 1. The van der Waals surface area contributed by atoms with Gasteiger partial charge in [-0.15, -0.1) is 11.3 Å². The van der Waals surface area contributed by atoms with Gasteiger partial charge in [0, 0.05) is 29.7 Å². The number of carbonyl (C=O) groups is 1. The molecule has 0 aliphatic carbocycles. The van der Waals surface area contributed by atoms with Gasteiger partial charge in [0.25, 0.3) is 5.91 Å². The molecule has 0 saturated carbocycles. The molecule has 27 heavy (non-hydrogen) atoms. The summed E-state index contributed by atoms with van der Waals surface area (Å²) in [7, 11) is 0. The van der Waals surface area contributed by atoms with Crippen LogP contribution in [-0.4, -0.2) is 22.3 Å². The maximum atomic E-state index is 11.4. The van der Waals surface area contributed by atoms with E-state index in [2.05, 4.69) is 16.0 Å². The first-order chi connectivity index (χ1) is 13.2. The summed E-state index contributed by atoms with van der Waals surface area (Å²) in [6, 6.07) is 17.8. The third kappa shape index (κ3) is 4.18. The molecule has 138 valence electrons. The van der Waals surface area contributed by atoms with Crippen LogP contribution in [-0.2, 0) is 6.54 Å². The topological polar surface area (TPSA) is 68.5 Å². The Morgan fingerprint density at radius 1 is 1.19 bits per heavy atom. The number of rotatable bonds is 6. The Labute approximate surface area is 162 Å². The molecule has 3 aromatic rings. The van der Waals surface area contributed by atoms with Crippen LogP contribution in [0.15, 0.2) is 60.8 Å². The third-order valence-electron chi connectivity index (χ3n) is 4.71. The van der Waals surface area contributed by atoms with Crippen LogP contribution in [0.4, 0.5) is 0 Å². The Kier molecular flexibility index (Phi) is 5.18. The predicted molar refractivity (Wildman–Crippen MR) is 106 cm³/mol. The quantitative estimate of drug-likeness (QED) is 0.690. The van der Waals surface area contributed by atoms with Crippen molar-refractivity contribution in [1.82, 2.24) is 9.88 Å². The Bertz CT molecular complexity index is 909. The molecule has 1 aliphatic heterocycles. The fraction of sp³-hybridized carbons (Fsp3) is 0.238. The molecule has 5 nitrogen and oxygen atoms in total. The first kappa shape index (κ1) is 17.7. The van der Waals surface area contributed by atoms with Crippen LogP contribution >= 0.6 is 11.3 Å². The summed E-state index contributed by atoms with van der Waals surface area (Å²) in [5.41, 5.74) is 6.54. The molecule has 1 unspecified atom stereocenters. The summed E-state index contributed by atoms with van der Waals surface area (Å²) in [5.74, 6) is 1.02. The second-order valence-electron chi connectivity index (χ2n) is 6.61. The number of amides is 1.